The van der Waals surface area contributed by atoms with E-state index in [1.807, 2.05) is 90.6 Å². The van der Waals surface area contributed by atoms with Gasteiger partial charge in [-0.2, -0.15) is 0 Å². The van der Waals surface area contributed by atoms with Crippen LogP contribution in [0.15, 0.2) is 90.3 Å². The number of aryl methyl sites for hydroxylation is 1. The maximum atomic E-state index is 12.1. The van der Waals surface area contributed by atoms with E-state index in [9.17, 15) is 14.7 Å². The number of aromatic nitrogens is 2. The summed E-state index contributed by atoms with van der Waals surface area (Å²) in [6.45, 7) is 2.11. The lowest BCUT2D eigenvalue weighted by atomic mass is 9.99. The number of carbonyl (C=O) groups is 2. The number of urea groups is 1. The second kappa shape index (κ2) is 15.7. The number of nitrogens with one attached hydrogen (secondary N) is 2. The zero-order valence-electron chi connectivity index (χ0n) is 25.3. The van der Waals surface area contributed by atoms with Crippen LogP contribution in [-0.4, -0.2) is 51.7 Å². The van der Waals surface area contributed by atoms with Gasteiger partial charge in [-0.15, -0.1) is 0 Å². The van der Waals surface area contributed by atoms with E-state index in [2.05, 4.69) is 15.6 Å². The van der Waals surface area contributed by atoms with Crippen molar-refractivity contribution in [3.8, 4) is 11.1 Å². The molecule has 0 spiro atoms. The minimum atomic E-state index is -0.550. The number of imidazole rings is 1. The van der Waals surface area contributed by atoms with Gasteiger partial charge in [-0.25, -0.2) is 9.78 Å². The van der Waals surface area contributed by atoms with Crippen LogP contribution in [0, 0.1) is 0 Å². The SMILES string of the molecule is CCOC(=O)CNC(=O)NCc1cccc(-c2ccc([C@H]3O[C@@H](CSc4nccn4C)C[C@@H](c4ccc(CO)cc4)O3)cc2)c1. The fourth-order valence-electron chi connectivity index (χ4n) is 4.98. The van der Waals surface area contributed by atoms with Gasteiger partial charge in [0.2, 0.25) is 0 Å². The van der Waals surface area contributed by atoms with E-state index in [0.717, 1.165) is 44.3 Å². The number of carbonyl (C=O) groups excluding carboxylic acids is 2. The van der Waals surface area contributed by atoms with Crippen LogP contribution in [0.25, 0.3) is 11.1 Å². The van der Waals surface area contributed by atoms with E-state index >= 15 is 0 Å². The Balaban J connectivity index is 1.25. The fraction of sp³-hybridized carbons (Fsp3) is 0.324. The number of amides is 2. The summed E-state index contributed by atoms with van der Waals surface area (Å²) < 4.78 is 19.8. The minimum absolute atomic E-state index is 0.00130. The molecule has 2 amide bonds. The summed E-state index contributed by atoms with van der Waals surface area (Å²) in [5.74, 6) is 0.253. The van der Waals surface area contributed by atoms with Gasteiger partial charge < -0.3 is 34.5 Å². The standard InChI is InChI=1S/C34H38N4O6S/c1-3-42-31(40)20-37-33(41)36-19-24-5-4-6-28(17-24)25-11-13-27(14-12-25)32-43-29(22-45-34-35-15-16-38(34)2)18-30(44-32)26-9-7-23(21-39)8-10-26/h4-17,29-30,32,39H,3,18-22H2,1-2H3,(H2,36,37,41)/t29-,30+,32+/m1/s1. The molecule has 0 saturated carbocycles. The zero-order chi connectivity index (χ0) is 31.6. The Bertz CT molecular complexity index is 1560. The number of aliphatic hydroxyl groups is 1. The second-order valence-electron chi connectivity index (χ2n) is 10.6. The first-order chi connectivity index (χ1) is 21.9. The molecular formula is C34H38N4O6S. The quantitative estimate of drug-likeness (QED) is 0.143. The molecule has 10 nitrogen and oxygen atoms in total. The predicted octanol–water partition coefficient (Wildman–Crippen LogP) is 5.28. The van der Waals surface area contributed by atoms with Crippen LogP contribution in [0.1, 0.15) is 48.0 Å². The smallest absolute Gasteiger partial charge is 0.325 e. The molecule has 0 bridgehead atoms. The fourth-order valence-corrected chi connectivity index (χ4v) is 5.93. The van der Waals surface area contributed by atoms with Crippen molar-refractivity contribution in [1.29, 1.82) is 0 Å². The summed E-state index contributed by atoms with van der Waals surface area (Å²) in [7, 11) is 1.98. The average molecular weight is 631 g/mol. The highest BCUT2D eigenvalue weighted by Gasteiger charge is 2.32. The molecule has 5 rings (SSSR count). The van der Waals surface area contributed by atoms with E-state index in [1.165, 1.54) is 0 Å². The molecule has 1 aromatic heterocycles. The van der Waals surface area contributed by atoms with Gasteiger partial charge in [0.25, 0.3) is 0 Å². The number of hydrogen-bond acceptors (Lipinski definition) is 8. The van der Waals surface area contributed by atoms with Crippen LogP contribution in [0.2, 0.25) is 0 Å². The van der Waals surface area contributed by atoms with Crippen molar-refractivity contribution >= 4 is 23.8 Å². The lowest BCUT2D eigenvalue weighted by molar-refractivity contribution is -0.245. The minimum Gasteiger partial charge on any atom is -0.465 e. The molecule has 11 heteroatoms. The molecule has 3 aromatic carbocycles. The molecule has 0 radical (unpaired) electrons. The molecule has 45 heavy (non-hydrogen) atoms. The summed E-state index contributed by atoms with van der Waals surface area (Å²) in [4.78, 5) is 28.0. The van der Waals surface area contributed by atoms with Crippen LogP contribution in [0.4, 0.5) is 4.79 Å². The van der Waals surface area contributed by atoms with Gasteiger partial charge in [-0.3, -0.25) is 4.79 Å². The topological polar surface area (TPSA) is 124 Å². The third-order valence-electron chi connectivity index (χ3n) is 7.39. The molecule has 1 aliphatic heterocycles. The average Bonchev–Trinajstić information content (AvgIpc) is 3.50. The van der Waals surface area contributed by atoms with Crippen LogP contribution in [0.5, 0.6) is 0 Å². The summed E-state index contributed by atoms with van der Waals surface area (Å²) >= 11 is 1.66. The van der Waals surface area contributed by atoms with E-state index in [0.29, 0.717) is 13.0 Å². The highest BCUT2D eigenvalue weighted by Crippen LogP contribution is 2.39. The largest absolute Gasteiger partial charge is 0.465 e. The Labute approximate surface area is 267 Å². The van der Waals surface area contributed by atoms with Crippen molar-refractivity contribution in [3.05, 3.63) is 107 Å². The number of ether oxygens (including phenoxy) is 3. The first-order valence-electron chi connectivity index (χ1n) is 14.9. The van der Waals surface area contributed by atoms with E-state index in [1.54, 1.807) is 24.9 Å². The van der Waals surface area contributed by atoms with Crippen molar-refractivity contribution in [2.24, 2.45) is 7.05 Å². The van der Waals surface area contributed by atoms with Crippen molar-refractivity contribution < 1.29 is 28.9 Å². The van der Waals surface area contributed by atoms with Crippen LogP contribution in [-0.2, 0) is 39.2 Å². The molecule has 3 atom stereocenters. The molecule has 236 valence electrons. The predicted molar refractivity (Wildman–Crippen MR) is 171 cm³/mol. The number of thioether (sulfide) groups is 1. The van der Waals surface area contributed by atoms with Crippen molar-refractivity contribution in [2.45, 2.75) is 50.2 Å². The summed E-state index contributed by atoms with van der Waals surface area (Å²) in [5.41, 5.74) is 5.76. The normalized spacial score (nSPS) is 17.9. The highest BCUT2D eigenvalue weighted by atomic mass is 32.2. The Morgan fingerprint density at radius 2 is 1.78 bits per heavy atom. The number of nitrogens with zero attached hydrogens (tertiary/aromatic N) is 2. The Hall–Kier alpha value is -4.16. The third kappa shape index (κ3) is 8.95. The first-order valence-corrected chi connectivity index (χ1v) is 15.9. The Morgan fingerprint density at radius 1 is 1.00 bits per heavy atom. The van der Waals surface area contributed by atoms with Gasteiger partial charge in [0.1, 0.15) is 6.54 Å². The molecule has 1 aliphatic rings. The van der Waals surface area contributed by atoms with Crippen molar-refractivity contribution in [1.82, 2.24) is 20.2 Å². The van der Waals surface area contributed by atoms with Crippen molar-refractivity contribution in [2.75, 3.05) is 18.9 Å². The molecule has 4 aromatic rings. The van der Waals surface area contributed by atoms with Crippen LogP contribution >= 0.6 is 11.8 Å². The maximum absolute atomic E-state index is 12.1. The number of aliphatic hydroxyl groups excluding tert-OH is 1. The van der Waals surface area contributed by atoms with E-state index < -0.39 is 18.3 Å². The van der Waals surface area contributed by atoms with E-state index in [-0.39, 0.29) is 32.0 Å². The Morgan fingerprint density at radius 3 is 2.49 bits per heavy atom. The monoisotopic (exact) mass is 630 g/mol. The number of esters is 1. The Kier molecular flexibility index (Phi) is 11.3. The highest BCUT2D eigenvalue weighted by molar-refractivity contribution is 7.99. The molecule has 0 aliphatic carbocycles. The molecule has 0 unspecified atom stereocenters. The molecule has 3 N–H and O–H groups in total. The third-order valence-corrected chi connectivity index (χ3v) is 8.58. The summed E-state index contributed by atoms with van der Waals surface area (Å²) in [6.07, 6.45) is 3.65. The second-order valence-corrected chi connectivity index (χ2v) is 11.6. The number of hydrogen-bond donors (Lipinski definition) is 3. The van der Waals surface area contributed by atoms with Crippen LogP contribution in [0.3, 0.4) is 0 Å². The maximum Gasteiger partial charge on any atom is 0.325 e. The van der Waals surface area contributed by atoms with Gasteiger partial charge in [0.05, 0.1) is 25.4 Å². The van der Waals surface area contributed by atoms with Crippen molar-refractivity contribution in [3.63, 3.8) is 0 Å². The molecule has 2 heterocycles. The van der Waals surface area contributed by atoms with Gasteiger partial charge in [0.15, 0.2) is 11.4 Å². The first kappa shape index (κ1) is 32.2. The summed E-state index contributed by atoms with van der Waals surface area (Å²) in [6, 6.07) is 23.5. The lowest BCUT2D eigenvalue weighted by Gasteiger charge is -2.36. The van der Waals surface area contributed by atoms with Gasteiger partial charge in [-0.05, 0) is 40.8 Å². The molecule has 1 fully saturated rings. The number of benzene rings is 3. The lowest BCUT2D eigenvalue weighted by Crippen LogP contribution is -2.38. The number of rotatable bonds is 12. The van der Waals surface area contributed by atoms with E-state index in [4.69, 9.17) is 14.2 Å². The van der Waals surface area contributed by atoms with Gasteiger partial charge in [0, 0.05) is 43.7 Å². The van der Waals surface area contributed by atoms with Gasteiger partial charge in [-0.1, -0.05) is 78.5 Å². The van der Waals surface area contributed by atoms with Gasteiger partial charge >= 0.3 is 12.0 Å². The zero-order valence-corrected chi connectivity index (χ0v) is 26.2. The molecule has 1 saturated heterocycles. The van der Waals surface area contributed by atoms with Crippen LogP contribution < -0.4 is 10.6 Å². The summed E-state index contributed by atoms with van der Waals surface area (Å²) in [5, 5.41) is 15.7. The molecular weight excluding hydrogens is 592 g/mol.